The van der Waals surface area contributed by atoms with Crippen molar-refractivity contribution in [2.75, 3.05) is 13.2 Å². The molecule has 1 atom stereocenters. The monoisotopic (exact) mass is 336 g/mol. The summed E-state index contributed by atoms with van der Waals surface area (Å²) in [7, 11) is 0. The van der Waals surface area contributed by atoms with E-state index < -0.39 is 0 Å². The molecule has 0 aromatic heterocycles. The Morgan fingerprint density at radius 1 is 1.60 bits per heavy atom. The summed E-state index contributed by atoms with van der Waals surface area (Å²) in [5.41, 5.74) is 0. The molecule has 10 heavy (non-hydrogen) atoms. The molecule has 0 spiro atoms. The summed E-state index contributed by atoms with van der Waals surface area (Å²) >= 11 is 0.671. The van der Waals surface area contributed by atoms with Gasteiger partial charge in [0, 0.05) is 0 Å². The Balaban J connectivity index is 0.000000371. The van der Waals surface area contributed by atoms with Crippen molar-refractivity contribution >= 4 is 26.2 Å². The first-order valence-electron chi connectivity index (χ1n) is 3.87. The Labute approximate surface area is 79.6 Å². The Morgan fingerprint density at radius 3 is 2.70 bits per heavy atom. The summed E-state index contributed by atoms with van der Waals surface area (Å²) in [6.45, 7) is 5.78. The second-order valence-electron chi connectivity index (χ2n) is 1.97. The topological polar surface area (TPSA) is 18.5 Å². The van der Waals surface area contributed by atoms with Gasteiger partial charge in [0.15, 0.2) is 0 Å². The van der Waals surface area contributed by atoms with Crippen molar-refractivity contribution in [2.24, 2.45) is 0 Å². The minimum atomic E-state index is 0.431. The second-order valence-corrected chi connectivity index (χ2v) is 3.26. The van der Waals surface area contributed by atoms with Gasteiger partial charge in [-0.15, -0.1) is 0 Å². The van der Waals surface area contributed by atoms with E-state index in [1.807, 2.05) is 13.8 Å². The maximum atomic E-state index is 5.30. The van der Waals surface area contributed by atoms with Crippen LogP contribution in [0.5, 0.6) is 0 Å². The molecule has 0 bridgehead atoms. The van der Waals surface area contributed by atoms with Crippen molar-refractivity contribution in [2.45, 2.75) is 32.8 Å². The van der Waals surface area contributed by atoms with Crippen LogP contribution in [0.2, 0.25) is 0 Å². The van der Waals surface area contributed by atoms with E-state index in [1.165, 1.54) is 12.8 Å². The summed E-state index contributed by atoms with van der Waals surface area (Å²) in [5.74, 6) is 0. The van der Waals surface area contributed by atoms with Gasteiger partial charge in [0.1, 0.15) is 0 Å². The van der Waals surface area contributed by atoms with Gasteiger partial charge in [-0.25, -0.2) is 0 Å². The van der Waals surface area contributed by atoms with Gasteiger partial charge in [0.05, 0.1) is 0 Å². The number of hydrogen-bond donors (Lipinski definition) is 0. The standard InChI is InChI=1S/C5H9O2.C2H6.Tl/c6-4-5-2-1-3-7-5;1-2;/h5H,1-4H2;1-2H3;/q-1;;+1. The first-order chi connectivity index (χ1) is 4.93. The van der Waals surface area contributed by atoms with E-state index in [1.54, 1.807) is 0 Å². The fourth-order valence-corrected chi connectivity index (χ4v) is 1.72. The summed E-state index contributed by atoms with van der Waals surface area (Å²) in [5, 5.41) is 0. The van der Waals surface area contributed by atoms with Crippen molar-refractivity contribution in [3.8, 4) is 0 Å². The van der Waals surface area contributed by atoms with Gasteiger partial charge in [-0.05, 0) is 0 Å². The normalized spacial score (nSPS) is 23.5. The van der Waals surface area contributed by atoms with E-state index in [2.05, 4.69) is 0 Å². The molecule has 1 aliphatic heterocycles. The number of rotatable bonds is 2. The molecule has 1 heterocycles. The minimum absolute atomic E-state index is 0.431. The number of hydrogen-bond acceptors (Lipinski definition) is 2. The molecular weight excluding hydrogens is 320 g/mol. The zero-order chi connectivity index (χ0) is 7.82. The van der Waals surface area contributed by atoms with Crippen LogP contribution in [0.25, 0.3) is 0 Å². The molecule has 0 aliphatic carbocycles. The molecule has 1 rings (SSSR count). The zero-order valence-electron chi connectivity index (χ0n) is 6.80. The predicted octanol–water partition coefficient (Wildman–Crippen LogP) is 1.29. The molecule has 0 aromatic rings. The third-order valence-electron chi connectivity index (χ3n) is 1.31. The van der Waals surface area contributed by atoms with E-state index in [0.29, 0.717) is 32.3 Å². The third kappa shape index (κ3) is 4.63. The molecular formula is C7H15O2Tl. The average molecular weight is 336 g/mol. The first kappa shape index (κ1) is 10.8. The molecule has 1 saturated heterocycles. The Bertz CT molecular complexity index is 62.6. The molecule has 0 aromatic carbocycles. The average Bonchev–Trinajstić information content (AvgIpc) is 2.46. The fourth-order valence-electron chi connectivity index (χ4n) is 0.883. The first-order valence-corrected chi connectivity index (χ1v) is 5.70. The third-order valence-corrected chi connectivity index (χ3v) is 2.05. The molecule has 1 unspecified atom stereocenters. The Kier molecular flexibility index (Phi) is 8.61. The fraction of sp³-hybridized carbons (Fsp3) is 1.00. The van der Waals surface area contributed by atoms with Gasteiger partial charge >= 0.3 is 65.8 Å². The van der Waals surface area contributed by atoms with Crippen LogP contribution in [0.4, 0.5) is 0 Å². The van der Waals surface area contributed by atoms with Crippen LogP contribution in [0.3, 0.4) is 0 Å². The van der Waals surface area contributed by atoms with Crippen molar-refractivity contribution in [3.05, 3.63) is 0 Å². The molecule has 1 fully saturated rings. The van der Waals surface area contributed by atoms with E-state index >= 15 is 0 Å². The van der Waals surface area contributed by atoms with Crippen LogP contribution in [-0.2, 0) is 7.42 Å². The second kappa shape index (κ2) is 7.94. The summed E-state index contributed by atoms with van der Waals surface area (Å²) in [6, 6.07) is 0. The molecule has 3 heteroatoms. The maximum absolute atomic E-state index is 5.30. The zero-order valence-corrected chi connectivity index (χ0v) is 11.3. The van der Waals surface area contributed by atoms with E-state index in [9.17, 15) is 0 Å². The van der Waals surface area contributed by atoms with Gasteiger partial charge in [-0.2, -0.15) is 0 Å². The van der Waals surface area contributed by atoms with Gasteiger partial charge < -0.3 is 0 Å². The van der Waals surface area contributed by atoms with Crippen molar-refractivity contribution in [1.29, 1.82) is 0 Å². The van der Waals surface area contributed by atoms with Crippen LogP contribution in [0, 0.1) is 0 Å². The van der Waals surface area contributed by atoms with Crippen LogP contribution >= 0.6 is 0 Å². The number of ether oxygens (including phenoxy) is 1. The van der Waals surface area contributed by atoms with Gasteiger partial charge in [0.2, 0.25) is 0 Å². The van der Waals surface area contributed by atoms with Crippen molar-refractivity contribution in [3.63, 3.8) is 0 Å². The predicted molar refractivity (Wildman–Crippen MR) is 42.0 cm³/mol. The molecule has 0 saturated carbocycles. The van der Waals surface area contributed by atoms with Crippen molar-refractivity contribution in [1.82, 2.24) is 0 Å². The molecule has 0 radical (unpaired) electrons. The summed E-state index contributed by atoms with van der Waals surface area (Å²) < 4.78 is 10.4. The van der Waals surface area contributed by atoms with Crippen molar-refractivity contribution < 1.29 is 7.42 Å². The Hall–Kier alpha value is 0.842. The van der Waals surface area contributed by atoms with Gasteiger partial charge in [0.25, 0.3) is 0 Å². The van der Waals surface area contributed by atoms with Gasteiger partial charge in [-0.3, -0.25) is 0 Å². The molecule has 0 N–H and O–H groups in total. The van der Waals surface area contributed by atoms with Crippen LogP contribution in [-0.4, -0.2) is 45.5 Å². The quantitative estimate of drug-likeness (QED) is 0.708. The molecule has 2 nitrogen and oxygen atoms in total. The SMILES string of the molecule is CC.[Tl][O]CC1CCCO1. The summed E-state index contributed by atoms with van der Waals surface area (Å²) in [4.78, 5) is 0. The molecule has 58 valence electrons. The molecule has 0 amide bonds. The van der Waals surface area contributed by atoms with Crippen LogP contribution in [0.15, 0.2) is 0 Å². The van der Waals surface area contributed by atoms with E-state index in [0.717, 1.165) is 13.2 Å². The van der Waals surface area contributed by atoms with E-state index in [4.69, 9.17) is 7.42 Å². The molecule has 1 aliphatic rings. The Morgan fingerprint density at radius 2 is 2.30 bits per heavy atom. The van der Waals surface area contributed by atoms with Gasteiger partial charge in [-0.1, -0.05) is 13.8 Å². The van der Waals surface area contributed by atoms with Crippen LogP contribution < -0.4 is 0 Å². The van der Waals surface area contributed by atoms with E-state index in [-0.39, 0.29) is 0 Å². The summed E-state index contributed by atoms with van der Waals surface area (Å²) in [6.07, 6.45) is 2.85. The van der Waals surface area contributed by atoms with Crippen LogP contribution in [0.1, 0.15) is 26.7 Å².